The molecule has 2 heterocycles. The number of fused-ring (bicyclic) bond motifs is 1. The molecule has 0 aliphatic heterocycles. The Hall–Kier alpha value is -2.45. The first kappa shape index (κ1) is 13.5. The Morgan fingerprint density at radius 1 is 1.29 bits per heavy atom. The monoisotopic (exact) mass is 325 g/mol. The lowest BCUT2D eigenvalue weighted by atomic mass is 10.3. The molecule has 0 spiro atoms. The number of halogens is 2. The maximum Gasteiger partial charge on any atom is 0.313 e. The summed E-state index contributed by atoms with van der Waals surface area (Å²) in [5.41, 5.74) is -0.274. The van der Waals surface area contributed by atoms with E-state index >= 15 is 0 Å². The van der Waals surface area contributed by atoms with Gasteiger partial charge in [-0.25, -0.2) is 0 Å². The van der Waals surface area contributed by atoms with Crippen molar-refractivity contribution < 1.29 is 9.66 Å². The van der Waals surface area contributed by atoms with Gasteiger partial charge in [0.05, 0.1) is 4.92 Å². The van der Waals surface area contributed by atoms with E-state index in [0.29, 0.717) is 0 Å². The van der Waals surface area contributed by atoms with Gasteiger partial charge in [0.1, 0.15) is 11.5 Å². The predicted octanol–water partition coefficient (Wildman–Crippen LogP) is 3.13. The molecule has 0 aliphatic rings. The van der Waals surface area contributed by atoms with Crippen LogP contribution in [0.15, 0.2) is 30.6 Å². The minimum absolute atomic E-state index is 0.00321. The average Bonchev–Trinajstić information content (AvgIpc) is 2.88. The third-order valence-corrected chi connectivity index (χ3v) is 2.95. The van der Waals surface area contributed by atoms with E-state index in [9.17, 15) is 10.1 Å². The normalized spacial score (nSPS) is 10.8. The number of benzene rings is 1. The number of aromatic nitrogens is 4. The van der Waals surface area contributed by atoms with Gasteiger partial charge in [-0.1, -0.05) is 23.2 Å². The molecule has 0 aliphatic carbocycles. The first-order chi connectivity index (χ1) is 10.0. The van der Waals surface area contributed by atoms with Crippen LogP contribution in [-0.4, -0.2) is 24.5 Å². The summed E-state index contributed by atoms with van der Waals surface area (Å²) >= 11 is 11.6. The highest BCUT2D eigenvalue weighted by Gasteiger charge is 2.18. The van der Waals surface area contributed by atoms with E-state index in [1.165, 1.54) is 35.1 Å². The van der Waals surface area contributed by atoms with Gasteiger partial charge in [0.2, 0.25) is 11.6 Å². The first-order valence-corrected chi connectivity index (χ1v) is 6.28. The Balaban J connectivity index is 2.10. The topological polar surface area (TPSA) is 95.5 Å². The molecule has 0 saturated carbocycles. The number of nitro benzene ring substituents is 1. The quantitative estimate of drug-likeness (QED) is 0.417. The van der Waals surface area contributed by atoms with Crippen molar-refractivity contribution in [2.75, 3.05) is 0 Å². The van der Waals surface area contributed by atoms with E-state index in [0.717, 1.165) is 0 Å². The molecule has 0 atom stereocenters. The summed E-state index contributed by atoms with van der Waals surface area (Å²) in [7, 11) is 0. The molecule has 1 aromatic carbocycles. The van der Waals surface area contributed by atoms with E-state index in [2.05, 4.69) is 15.1 Å². The zero-order valence-electron chi connectivity index (χ0n) is 10.1. The smallest absolute Gasteiger partial charge is 0.313 e. The first-order valence-electron chi connectivity index (χ1n) is 5.52. The second-order valence-corrected chi connectivity index (χ2v) is 4.68. The van der Waals surface area contributed by atoms with Crippen LogP contribution in [0.1, 0.15) is 0 Å². The fourth-order valence-corrected chi connectivity index (χ4v) is 2.00. The summed E-state index contributed by atoms with van der Waals surface area (Å²) in [6, 6.07) is 5.43. The molecule has 0 N–H and O–H groups in total. The van der Waals surface area contributed by atoms with Gasteiger partial charge in [0, 0.05) is 17.2 Å². The third-order valence-electron chi connectivity index (χ3n) is 2.52. The van der Waals surface area contributed by atoms with Crippen LogP contribution in [0.2, 0.25) is 10.2 Å². The second-order valence-electron chi connectivity index (χ2n) is 3.86. The van der Waals surface area contributed by atoms with Gasteiger partial charge < -0.3 is 4.74 Å². The number of nitrogens with zero attached hydrogens (tertiary/aromatic N) is 5. The molecule has 3 aromatic rings. The second kappa shape index (κ2) is 5.15. The molecule has 0 amide bonds. The molecule has 0 fully saturated rings. The van der Waals surface area contributed by atoms with E-state index in [1.807, 2.05) is 0 Å². The van der Waals surface area contributed by atoms with Gasteiger partial charge in [0.15, 0.2) is 0 Å². The van der Waals surface area contributed by atoms with Crippen LogP contribution in [0.4, 0.5) is 5.69 Å². The Labute approximate surface area is 127 Å². The minimum Gasteiger partial charge on any atom is -0.432 e. The van der Waals surface area contributed by atoms with Crippen LogP contribution in [0, 0.1) is 10.1 Å². The van der Waals surface area contributed by atoms with Crippen molar-refractivity contribution in [2.24, 2.45) is 0 Å². The highest BCUT2D eigenvalue weighted by molar-refractivity contribution is 6.30. The van der Waals surface area contributed by atoms with Crippen molar-refractivity contribution in [1.82, 2.24) is 19.6 Å². The number of hydrogen-bond acceptors (Lipinski definition) is 6. The van der Waals surface area contributed by atoms with Crippen LogP contribution in [-0.2, 0) is 0 Å². The Bertz CT molecular complexity index is 851. The van der Waals surface area contributed by atoms with Gasteiger partial charge in [0.25, 0.3) is 5.78 Å². The number of ether oxygens (including phenoxy) is 1. The van der Waals surface area contributed by atoms with Crippen LogP contribution in [0.5, 0.6) is 11.6 Å². The van der Waals surface area contributed by atoms with E-state index in [1.54, 1.807) is 0 Å². The van der Waals surface area contributed by atoms with Crippen LogP contribution >= 0.6 is 23.2 Å². The molecule has 0 radical (unpaired) electrons. The maximum absolute atomic E-state index is 11.0. The SMILES string of the molecule is O=[N+]([O-])c1cc(Cl)ccc1Oc1cc(Cl)nc2ncnn12. The molecule has 0 saturated heterocycles. The number of rotatable bonds is 3. The van der Waals surface area contributed by atoms with Gasteiger partial charge in [-0.3, -0.25) is 10.1 Å². The summed E-state index contributed by atoms with van der Waals surface area (Å²) < 4.78 is 6.78. The molecule has 0 bridgehead atoms. The Kier molecular flexibility index (Phi) is 3.32. The van der Waals surface area contributed by atoms with E-state index in [4.69, 9.17) is 27.9 Å². The van der Waals surface area contributed by atoms with Crippen molar-refractivity contribution >= 4 is 34.7 Å². The highest BCUT2D eigenvalue weighted by atomic mass is 35.5. The predicted molar refractivity (Wildman–Crippen MR) is 74.0 cm³/mol. The Morgan fingerprint density at radius 2 is 2.10 bits per heavy atom. The third kappa shape index (κ3) is 2.58. The molecule has 3 rings (SSSR count). The molecular weight excluding hydrogens is 321 g/mol. The highest BCUT2D eigenvalue weighted by Crippen LogP contribution is 2.33. The van der Waals surface area contributed by atoms with Crippen molar-refractivity contribution in [3.63, 3.8) is 0 Å². The Morgan fingerprint density at radius 3 is 2.86 bits per heavy atom. The minimum atomic E-state index is -0.595. The fourth-order valence-electron chi connectivity index (χ4n) is 1.66. The molecule has 8 nitrogen and oxygen atoms in total. The number of nitro groups is 1. The molecule has 0 unspecified atom stereocenters. The van der Waals surface area contributed by atoms with Gasteiger partial charge in [-0.2, -0.15) is 19.6 Å². The number of hydrogen-bond donors (Lipinski definition) is 0. The molecular formula is C11H5Cl2N5O3. The largest absolute Gasteiger partial charge is 0.432 e. The van der Waals surface area contributed by atoms with Crippen molar-refractivity contribution in [2.45, 2.75) is 0 Å². The summed E-state index contributed by atoms with van der Waals surface area (Å²) in [6.07, 6.45) is 1.27. The van der Waals surface area contributed by atoms with Gasteiger partial charge in [-0.15, -0.1) is 0 Å². The molecule has 106 valence electrons. The summed E-state index contributed by atoms with van der Waals surface area (Å²) in [6.45, 7) is 0. The zero-order chi connectivity index (χ0) is 15.0. The lowest BCUT2D eigenvalue weighted by molar-refractivity contribution is -0.385. The van der Waals surface area contributed by atoms with E-state index < -0.39 is 4.92 Å². The molecule has 10 heteroatoms. The van der Waals surface area contributed by atoms with Crippen molar-refractivity contribution in [1.29, 1.82) is 0 Å². The van der Waals surface area contributed by atoms with Crippen molar-refractivity contribution in [3.8, 4) is 11.6 Å². The lowest BCUT2D eigenvalue weighted by Crippen LogP contribution is -2.00. The summed E-state index contributed by atoms with van der Waals surface area (Å²) in [5, 5.41) is 15.3. The van der Waals surface area contributed by atoms with Gasteiger partial charge in [-0.05, 0) is 12.1 Å². The standard InChI is InChI=1S/C11H5Cl2N5O3/c12-6-1-2-8(7(3-6)18(19)20)21-10-4-9(13)16-11-14-5-15-17(10)11/h1-5H. The van der Waals surface area contributed by atoms with Gasteiger partial charge >= 0.3 is 5.69 Å². The average molecular weight is 326 g/mol. The van der Waals surface area contributed by atoms with Crippen molar-refractivity contribution in [3.05, 3.63) is 50.9 Å². The van der Waals surface area contributed by atoms with Crippen LogP contribution in [0.3, 0.4) is 0 Å². The molecule has 21 heavy (non-hydrogen) atoms. The lowest BCUT2D eigenvalue weighted by Gasteiger charge is -2.07. The maximum atomic E-state index is 11.0. The molecule has 2 aromatic heterocycles. The summed E-state index contributed by atoms with van der Waals surface area (Å²) in [5.74, 6) is 0.366. The summed E-state index contributed by atoms with van der Waals surface area (Å²) in [4.78, 5) is 18.2. The zero-order valence-corrected chi connectivity index (χ0v) is 11.6. The van der Waals surface area contributed by atoms with E-state index in [-0.39, 0.29) is 33.3 Å². The van der Waals surface area contributed by atoms with Crippen LogP contribution < -0.4 is 4.74 Å². The van der Waals surface area contributed by atoms with Crippen LogP contribution in [0.25, 0.3) is 5.78 Å². The fraction of sp³-hybridized carbons (Fsp3) is 0.